The van der Waals surface area contributed by atoms with E-state index in [4.69, 9.17) is 4.74 Å². The van der Waals surface area contributed by atoms with E-state index in [9.17, 15) is 4.79 Å². The van der Waals surface area contributed by atoms with Gasteiger partial charge in [0.1, 0.15) is 6.61 Å². The topological polar surface area (TPSA) is 51.2 Å². The van der Waals surface area contributed by atoms with Crippen molar-refractivity contribution in [3.63, 3.8) is 0 Å². The van der Waals surface area contributed by atoms with E-state index in [0.717, 1.165) is 15.8 Å². The third-order valence-electron chi connectivity index (χ3n) is 2.68. The number of hydrogen-bond acceptors (Lipinski definition) is 4. The third kappa shape index (κ3) is 4.13. The second kappa shape index (κ2) is 6.97. The van der Waals surface area contributed by atoms with Gasteiger partial charge >= 0.3 is 0 Å². The van der Waals surface area contributed by atoms with E-state index >= 15 is 0 Å². The van der Waals surface area contributed by atoms with Gasteiger partial charge in [0.05, 0.1) is 0 Å². The number of amides is 1. The van der Waals surface area contributed by atoms with Crippen LogP contribution < -0.4 is 5.32 Å². The highest BCUT2D eigenvalue weighted by Crippen LogP contribution is 2.23. The first-order chi connectivity index (χ1) is 9.58. The first kappa shape index (κ1) is 15.2. The Kier molecular flexibility index (Phi) is 5.28. The van der Waals surface area contributed by atoms with Gasteiger partial charge in [-0.3, -0.25) is 10.1 Å². The van der Waals surface area contributed by atoms with Crippen LogP contribution in [0.4, 0.5) is 5.13 Å². The highest BCUT2D eigenvalue weighted by molar-refractivity contribution is 9.10. The fourth-order valence-corrected chi connectivity index (χ4v) is 2.86. The molecule has 2 aromatic rings. The van der Waals surface area contributed by atoms with Crippen LogP contribution >= 0.6 is 27.3 Å². The Labute approximate surface area is 130 Å². The average Bonchev–Trinajstić information content (AvgIpc) is 2.81. The molecule has 6 heteroatoms. The van der Waals surface area contributed by atoms with Gasteiger partial charge in [-0.25, -0.2) is 4.98 Å². The SMILES string of the molecule is COCC(=O)Nc1ncc(Cc2ccc(Br)c(C)c2)s1. The molecule has 0 fully saturated rings. The van der Waals surface area contributed by atoms with E-state index in [2.05, 4.69) is 45.3 Å². The van der Waals surface area contributed by atoms with Crippen molar-refractivity contribution >= 4 is 38.3 Å². The van der Waals surface area contributed by atoms with Crippen LogP contribution in [0.1, 0.15) is 16.0 Å². The summed E-state index contributed by atoms with van der Waals surface area (Å²) >= 11 is 4.97. The van der Waals surface area contributed by atoms with E-state index in [1.54, 1.807) is 6.20 Å². The van der Waals surface area contributed by atoms with Crippen molar-refractivity contribution in [3.05, 3.63) is 44.9 Å². The lowest BCUT2D eigenvalue weighted by Gasteiger charge is -2.02. The molecule has 106 valence electrons. The van der Waals surface area contributed by atoms with Crippen molar-refractivity contribution in [1.82, 2.24) is 4.98 Å². The normalized spacial score (nSPS) is 10.6. The minimum atomic E-state index is -0.187. The highest BCUT2D eigenvalue weighted by atomic mass is 79.9. The summed E-state index contributed by atoms with van der Waals surface area (Å²) in [6.07, 6.45) is 2.61. The van der Waals surface area contributed by atoms with E-state index in [1.807, 2.05) is 6.07 Å². The molecule has 0 saturated heterocycles. The zero-order valence-electron chi connectivity index (χ0n) is 11.3. The molecule has 0 aliphatic heterocycles. The Morgan fingerprint density at radius 1 is 1.50 bits per heavy atom. The molecule has 0 aliphatic rings. The van der Waals surface area contributed by atoms with Gasteiger partial charge in [0.25, 0.3) is 5.91 Å². The number of benzene rings is 1. The molecule has 0 radical (unpaired) electrons. The second-order valence-electron chi connectivity index (χ2n) is 4.37. The summed E-state index contributed by atoms with van der Waals surface area (Å²) < 4.78 is 5.87. The van der Waals surface area contributed by atoms with Gasteiger partial charge in [-0.1, -0.05) is 28.1 Å². The first-order valence-electron chi connectivity index (χ1n) is 6.07. The average molecular weight is 355 g/mol. The zero-order chi connectivity index (χ0) is 14.5. The Morgan fingerprint density at radius 3 is 3.00 bits per heavy atom. The van der Waals surface area contributed by atoms with Gasteiger partial charge < -0.3 is 4.74 Å². The number of halogens is 1. The van der Waals surface area contributed by atoms with Crippen molar-refractivity contribution in [1.29, 1.82) is 0 Å². The number of methoxy groups -OCH3 is 1. The molecular weight excluding hydrogens is 340 g/mol. The molecule has 20 heavy (non-hydrogen) atoms. The Bertz CT molecular complexity index is 613. The van der Waals surface area contributed by atoms with Crippen LogP contribution in [0.25, 0.3) is 0 Å². The molecule has 0 unspecified atom stereocenters. The Morgan fingerprint density at radius 2 is 2.30 bits per heavy atom. The van der Waals surface area contributed by atoms with E-state index in [-0.39, 0.29) is 12.5 Å². The van der Waals surface area contributed by atoms with Gasteiger partial charge in [-0.2, -0.15) is 0 Å². The molecule has 0 aliphatic carbocycles. The van der Waals surface area contributed by atoms with E-state index < -0.39 is 0 Å². The van der Waals surface area contributed by atoms with E-state index in [0.29, 0.717) is 5.13 Å². The number of carbonyl (C=O) groups is 1. The molecule has 1 amide bonds. The highest BCUT2D eigenvalue weighted by Gasteiger charge is 2.07. The van der Waals surface area contributed by atoms with Crippen LogP contribution in [-0.4, -0.2) is 24.6 Å². The van der Waals surface area contributed by atoms with Crippen LogP contribution in [0.3, 0.4) is 0 Å². The number of hydrogen-bond donors (Lipinski definition) is 1. The molecule has 0 saturated carbocycles. The lowest BCUT2D eigenvalue weighted by atomic mass is 10.1. The van der Waals surface area contributed by atoms with Crippen molar-refractivity contribution < 1.29 is 9.53 Å². The predicted molar refractivity (Wildman–Crippen MR) is 84.3 cm³/mol. The first-order valence-corrected chi connectivity index (χ1v) is 7.68. The van der Waals surface area contributed by atoms with Crippen LogP contribution in [0, 0.1) is 6.92 Å². The minimum absolute atomic E-state index is 0.0425. The number of nitrogens with one attached hydrogen (secondary N) is 1. The third-order valence-corrected chi connectivity index (χ3v) is 4.48. The summed E-state index contributed by atoms with van der Waals surface area (Å²) in [5.41, 5.74) is 2.43. The molecule has 2 rings (SSSR count). The maximum Gasteiger partial charge on any atom is 0.252 e. The number of aryl methyl sites for hydroxylation is 1. The van der Waals surface area contributed by atoms with Gasteiger partial charge in [0.15, 0.2) is 5.13 Å². The summed E-state index contributed by atoms with van der Waals surface area (Å²) in [7, 11) is 1.49. The van der Waals surface area contributed by atoms with Crippen molar-refractivity contribution in [2.45, 2.75) is 13.3 Å². The van der Waals surface area contributed by atoms with Crippen LogP contribution in [0.15, 0.2) is 28.9 Å². The maximum absolute atomic E-state index is 11.4. The summed E-state index contributed by atoms with van der Waals surface area (Å²) in [4.78, 5) is 16.7. The van der Waals surface area contributed by atoms with Crippen molar-refractivity contribution in [3.8, 4) is 0 Å². The van der Waals surface area contributed by atoms with Crippen LogP contribution in [0.2, 0.25) is 0 Å². The Hall–Kier alpha value is -1.24. The molecular formula is C14H15BrN2O2S. The fraction of sp³-hybridized carbons (Fsp3) is 0.286. The van der Waals surface area contributed by atoms with Gasteiger partial charge in [-0.15, -0.1) is 11.3 Å². The second-order valence-corrected chi connectivity index (χ2v) is 6.34. The predicted octanol–water partition coefficient (Wildman–Crippen LogP) is 3.39. The fourth-order valence-electron chi connectivity index (χ4n) is 1.75. The molecule has 0 atom stereocenters. The summed E-state index contributed by atoms with van der Waals surface area (Å²) in [5.74, 6) is -0.187. The maximum atomic E-state index is 11.4. The minimum Gasteiger partial charge on any atom is -0.375 e. The summed E-state index contributed by atoms with van der Waals surface area (Å²) in [6.45, 7) is 2.11. The standard InChI is InChI=1S/C14H15BrN2O2S/c1-9-5-10(3-4-12(9)15)6-11-7-16-14(20-11)17-13(18)8-19-2/h3-5,7H,6,8H2,1-2H3,(H,16,17,18). The number of thiazole rings is 1. The van der Waals surface area contributed by atoms with Gasteiger partial charge in [0.2, 0.25) is 0 Å². The lowest BCUT2D eigenvalue weighted by Crippen LogP contribution is -2.16. The van der Waals surface area contributed by atoms with Crippen molar-refractivity contribution in [2.24, 2.45) is 0 Å². The Balaban J connectivity index is 2.02. The number of rotatable bonds is 5. The molecule has 1 N–H and O–H groups in total. The van der Waals surface area contributed by atoms with Gasteiger partial charge in [0, 0.05) is 29.1 Å². The summed E-state index contributed by atoms with van der Waals surface area (Å²) in [5, 5.41) is 3.31. The number of nitrogens with zero attached hydrogens (tertiary/aromatic N) is 1. The number of ether oxygens (including phenoxy) is 1. The molecule has 0 bridgehead atoms. The number of carbonyl (C=O) groups excluding carboxylic acids is 1. The monoisotopic (exact) mass is 354 g/mol. The van der Waals surface area contributed by atoms with E-state index in [1.165, 1.54) is 29.6 Å². The van der Waals surface area contributed by atoms with Crippen LogP contribution in [-0.2, 0) is 16.0 Å². The largest absolute Gasteiger partial charge is 0.375 e. The molecule has 1 heterocycles. The van der Waals surface area contributed by atoms with Crippen LogP contribution in [0.5, 0.6) is 0 Å². The molecule has 4 nitrogen and oxygen atoms in total. The van der Waals surface area contributed by atoms with Gasteiger partial charge in [-0.05, 0) is 24.1 Å². The molecule has 1 aromatic heterocycles. The molecule has 0 spiro atoms. The zero-order valence-corrected chi connectivity index (χ0v) is 13.7. The number of anilines is 1. The summed E-state index contributed by atoms with van der Waals surface area (Å²) in [6, 6.07) is 6.28. The molecule has 1 aromatic carbocycles. The van der Waals surface area contributed by atoms with Crippen molar-refractivity contribution in [2.75, 3.05) is 19.0 Å². The quantitative estimate of drug-likeness (QED) is 0.895. The lowest BCUT2D eigenvalue weighted by molar-refractivity contribution is -0.119. The smallest absolute Gasteiger partial charge is 0.252 e. The number of aromatic nitrogens is 1.